The van der Waals surface area contributed by atoms with Crippen molar-refractivity contribution in [3.63, 3.8) is 0 Å². The molecule has 0 aliphatic heterocycles. The highest BCUT2D eigenvalue weighted by atomic mass is 35.5. The predicted molar refractivity (Wildman–Crippen MR) is 68.6 cm³/mol. The lowest BCUT2D eigenvalue weighted by molar-refractivity contribution is 0.691. The highest BCUT2D eigenvalue weighted by Crippen LogP contribution is 2.31. The molecule has 0 bridgehead atoms. The second-order valence-corrected chi connectivity index (χ2v) is 5.21. The van der Waals surface area contributed by atoms with Gasteiger partial charge in [-0.05, 0) is 38.6 Å². The van der Waals surface area contributed by atoms with E-state index in [2.05, 4.69) is 15.1 Å². The molecule has 6 heteroatoms. The highest BCUT2D eigenvalue weighted by molar-refractivity contribution is 7.99. The highest BCUT2D eigenvalue weighted by Gasteiger charge is 2.11. The summed E-state index contributed by atoms with van der Waals surface area (Å²) in [5, 5.41) is 6.74. The molecule has 0 aliphatic carbocycles. The molecule has 2 aromatic rings. The van der Waals surface area contributed by atoms with Gasteiger partial charge in [-0.1, -0.05) is 11.6 Å². The summed E-state index contributed by atoms with van der Waals surface area (Å²) in [6.45, 7) is 5.73. The van der Waals surface area contributed by atoms with Crippen LogP contribution in [0, 0.1) is 20.8 Å². The summed E-state index contributed by atoms with van der Waals surface area (Å²) >= 11 is 7.60. The molecule has 0 spiro atoms. The number of halogens is 1. The van der Waals surface area contributed by atoms with Gasteiger partial charge in [0.2, 0.25) is 0 Å². The third-order valence-corrected chi connectivity index (χ3v) is 3.86. The first-order valence-electron chi connectivity index (χ1n) is 5.16. The van der Waals surface area contributed by atoms with E-state index in [0.29, 0.717) is 11.0 Å². The Labute approximate surface area is 109 Å². The van der Waals surface area contributed by atoms with Crippen LogP contribution in [-0.2, 0) is 7.05 Å². The summed E-state index contributed by atoms with van der Waals surface area (Å²) in [5.74, 6) is 0.682. The van der Waals surface area contributed by atoms with Crippen molar-refractivity contribution >= 4 is 23.4 Å². The van der Waals surface area contributed by atoms with Crippen LogP contribution in [0.25, 0.3) is 0 Å². The second-order valence-electron chi connectivity index (χ2n) is 3.84. The van der Waals surface area contributed by atoms with Crippen molar-refractivity contribution in [2.24, 2.45) is 7.05 Å². The summed E-state index contributed by atoms with van der Waals surface area (Å²) in [4.78, 5) is 8.53. The molecule has 90 valence electrons. The van der Waals surface area contributed by atoms with E-state index in [9.17, 15) is 0 Å². The van der Waals surface area contributed by atoms with Crippen LogP contribution in [0.5, 0.6) is 0 Å². The van der Waals surface area contributed by atoms with E-state index >= 15 is 0 Å². The average molecular weight is 269 g/mol. The van der Waals surface area contributed by atoms with Gasteiger partial charge in [-0.2, -0.15) is 5.10 Å². The van der Waals surface area contributed by atoms with Gasteiger partial charge in [-0.15, -0.1) is 0 Å². The average Bonchev–Trinajstić information content (AvgIpc) is 2.53. The molecule has 0 aliphatic rings. The van der Waals surface area contributed by atoms with Crippen LogP contribution < -0.4 is 0 Å². The molecule has 0 unspecified atom stereocenters. The Bertz CT molecular complexity index is 565. The second kappa shape index (κ2) is 4.66. The van der Waals surface area contributed by atoms with Crippen molar-refractivity contribution in [1.82, 2.24) is 19.7 Å². The first-order chi connectivity index (χ1) is 7.97. The third-order valence-electron chi connectivity index (χ3n) is 2.31. The van der Waals surface area contributed by atoms with Crippen molar-refractivity contribution in [2.45, 2.75) is 30.8 Å². The smallest absolute Gasteiger partial charge is 0.136 e. The van der Waals surface area contributed by atoms with Crippen molar-refractivity contribution in [2.75, 3.05) is 0 Å². The van der Waals surface area contributed by atoms with Crippen molar-refractivity contribution < 1.29 is 0 Å². The molecule has 17 heavy (non-hydrogen) atoms. The van der Waals surface area contributed by atoms with Crippen molar-refractivity contribution in [1.29, 1.82) is 0 Å². The Balaban J connectivity index is 2.39. The summed E-state index contributed by atoms with van der Waals surface area (Å²) in [7, 11) is 1.92. The molecule has 0 radical (unpaired) electrons. The lowest BCUT2D eigenvalue weighted by Gasteiger charge is -2.06. The van der Waals surface area contributed by atoms with Crippen LogP contribution in [0.1, 0.15) is 17.1 Å². The maximum absolute atomic E-state index is 6.04. The zero-order valence-electron chi connectivity index (χ0n) is 10.2. The molecule has 0 aromatic carbocycles. The van der Waals surface area contributed by atoms with E-state index < -0.39 is 0 Å². The number of hydrogen-bond donors (Lipinski definition) is 0. The first kappa shape index (κ1) is 12.4. The Hall–Kier alpha value is -1.07. The molecular formula is C11H13ClN4S. The minimum absolute atomic E-state index is 0.513. The molecule has 0 saturated heterocycles. The predicted octanol–water partition coefficient (Wildman–Crippen LogP) is 2.94. The van der Waals surface area contributed by atoms with E-state index in [4.69, 9.17) is 11.6 Å². The van der Waals surface area contributed by atoms with Crippen LogP contribution in [-0.4, -0.2) is 19.7 Å². The molecule has 2 rings (SSSR count). The molecule has 0 atom stereocenters. The Morgan fingerprint density at radius 2 is 1.94 bits per heavy atom. The van der Waals surface area contributed by atoms with E-state index in [1.807, 2.05) is 38.6 Å². The monoisotopic (exact) mass is 268 g/mol. The fourth-order valence-electron chi connectivity index (χ4n) is 1.45. The van der Waals surface area contributed by atoms with Crippen molar-refractivity contribution in [3.05, 3.63) is 28.3 Å². The van der Waals surface area contributed by atoms with E-state index in [1.54, 1.807) is 11.8 Å². The number of aromatic nitrogens is 4. The lowest BCUT2D eigenvalue weighted by atomic mass is 10.4. The summed E-state index contributed by atoms with van der Waals surface area (Å²) in [6.07, 6.45) is 0. The van der Waals surface area contributed by atoms with E-state index in [0.717, 1.165) is 21.3 Å². The fourth-order valence-corrected chi connectivity index (χ4v) is 2.75. The Kier molecular flexibility index (Phi) is 3.40. The van der Waals surface area contributed by atoms with E-state index in [-0.39, 0.29) is 0 Å². The van der Waals surface area contributed by atoms with Gasteiger partial charge >= 0.3 is 0 Å². The fraction of sp³-hybridized carbons (Fsp3) is 0.364. The molecule has 4 nitrogen and oxygen atoms in total. The Morgan fingerprint density at radius 1 is 1.24 bits per heavy atom. The van der Waals surface area contributed by atoms with Gasteiger partial charge in [0.05, 0.1) is 5.69 Å². The molecule has 0 saturated carbocycles. The number of rotatable bonds is 2. The zero-order valence-corrected chi connectivity index (χ0v) is 11.7. The van der Waals surface area contributed by atoms with Crippen LogP contribution in [0.15, 0.2) is 16.1 Å². The molecule has 2 aromatic heterocycles. The maximum Gasteiger partial charge on any atom is 0.136 e. The normalized spacial score (nSPS) is 10.9. The summed E-state index contributed by atoms with van der Waals surface area (Å²) < 4.78 is 1.84. The van der Waals surface area contributed by atoms with Crippen LogP contribution in [0.2, 0.25) is 5.15 Å². The zero-order chi connectivity index (χ0) is 12.6. The third kappa shape index (κ3) is 2.61. The van der Waals surface area contributed by atoms with Gasteiger partial charge < -0.3 is 0 Å². The molecule has 0 amide bonds. The number of nitrogens with zero attached hydrogens (tertiary/aromatic N) is 4. The summed E-state index contributed by atoms with van der Waals surface area (Å²) in [5.41, 5.74) is 1.89. The lowest BCUT2D eigenvalue weighted by Crippen LogP contribution is -1.97. The maximum atomic E-state index is 6.04. The summed E-state index contributed by atoms with van der Waals surface area (Å²) in [6, 6.07) is 2.02. The quantitative estimate of drug-likeness (QED) is 0.786. The standard InChI is InChI=1S/C11H13ClN4S/c1-6-5-9(16(4)15-6)17-11-7(2)10(12)13-8(3)14-11/h5H,1-4H3. The van der Waals surface area contributed by atoms with Gasteiger partial charge in [0.25, 0.3) is 0 Å². The van der Waals surface area contributed by atoms with Crippen LogP contribution >= 0.6 is 23.4 Å². The first-order valence-corrected chi connectivity index (χ1v) is 6.36. The topological polar surface area (TPSA) is 43.6 Å². The molecular weight excluding hydrogens is 256 g/mol. The van der Waals surface area contributed by atoms with Crippen LogP contribution in [0.3, 0.4) is 0 Å². The minimum Gasteiger partial charge on any atom is -0.261 e. The minimum atomic E-state index is 0.513. The van der Waals surface area contributed by atoms with Crippen LogP contribution in [0.4, 0.5) is 0 Å². The Morgan fingerprint density at radius 3 is 2.53 bits per heavy atom. The molecule has 0 fully saturated rings. The van der Waals surface area contributed by atoms with Crippen molar-refractivity contribution in [3.8, 4) is 0 Å². The molecule has 2 heterocycles. The number of hydrogen-bond acceptors (Lipinski definition) is 4. The molecule has 0 N–H and O–H groups in total. The van der Waals surface area contributed by atoms with Gasteiger partial charge in [-0.25, -0.2) is 9.97 Å². The largest absolute Gasteiger partial charge is 0.261 e. The van der Waals surface area contributed by atoms with E-state index in [1.165, 1.54) is 0 Å². The van der Waals surface area contributed by atoms with Gasteiger partial charge in [-0.3, -0.25) is 4.68 Å². The van der Waals surface area contributed by atoms with Gasteiger partial charge in [0.15, 0.2) is 0 Å². The SMILES string of the molecule is Cc1cc(Sc2nc(C)nc(Cl)c2C)n(C)n1. The van der Waals surface area contributed by atoms with Gasteiger partial charge in [0.1, 0.15) is 21.0 Å². The van der Waals surface area contributed by atoms with Gasteiger partial charge in [0, 0.05) is 12.6 Å². The number of aryl methyl sites for hydroxylation is 3.